The number of anilines is 1. The van der Waals surface area contributed by atoms with E-state index in [1.165, 1.54) is 12.1 Å². The first kappa shape index (κ1) is 19.0. The van der Waals surface area contributed by atoms with Crippen LogP contribution in [0, 0.1) is 5.82 Å². The average molecular weight is 373 g/mol. The van der Waals surface area contributed by atoms with Crippen LogP contribution in [0.1, 0.15) is 43.6 Å². The quantitative estimate of drug-likeness (QED) is 0.838. The predicted molar refractivity (Wildman–Crippen MR) is 99.3 cm³/mol. The van der Waals surface area contributed by atoms with Gasteiger partial charge in [0.2, 0.25) is 5.95 Å². The van der Waals surface area contributed by atoms with Crippen molar-refractivity contribution >= 4 is 12.0 Å². The molecule has 0 radical (unpaired) electrons. The molecule has 7 nitrogen and oxygen atoms in total. The lowest BCUT2D eigenvalue weighted by Crippen LogP contribution is -2.38. The number of aromatic nitrogens is 2. The Balaban J connectivity index is 1.57. The fourth-order valence-corrected chi connectivity index (χ4v) is 2.84. The summed E-state index contributed by atoms with van der Waals surface area (Å²) >= 11 is 0. The third-order valence-corrected chi connectivity index (χ3v) is 4.25. The largest absolute Gasteiger partial charge is 0.426 e. The second-order valence-electron chi connectivity index (χ2n) is 6.87. The van der Waals surface area contributed by atoms with Crippen LogP contribution in [0.15, 0.2) is 30.5 Å². The lowest BCUT2D eigenvalue weighted by molar-refractivity contribution is -0.112. The minimum atomic E-state index is -0.551. The summed E-state index contributed by atoms with van der Waals surface area (Å²) in [6.45, 7) is 6.83. The first-order valence-electron chi connectivity index (χ1n) is 9.01. The van der Waals surface area contributed by atoms with Crippen LogP contribution in [0.5, 0.6) is 0 Å². The zero-order chi connectivity index (χ0) is 19.4. The van der Waals surface area contributed by atoms with Gasteiger partial charge in [-0.2, -0.15) is 0 Å². The fraction of sp³-hybridized carbons (Fsp3) is 0.421. The summed E-state index contributed by atoms with van der Waals surface area (Å²) in [4.78, 5) is 26.4. The molecule has 0 unspecified atom stereocenters. The summed E-state index contributed by atoms with van der Waals surface area (Å²) < 4.78 is 13.0. The van der Waals surface area contributed by atoms with Crippen molar-refractivity contribution in [2.45, 2.75) is 45.8 Å². The van der Waals surface area contributed by atoms with E-state index >= 15 is 0 Å². The van der Waals surface area contributed by atoms with Crippen molar-refractivity contribution in [2.75, 3.05) is 11.9 Å². The molecular formula is C19H24FN5O2. The average Bonchev–Trinajstić information content (AvgIpc) is 2.61. The van der Waals surface area contributed by atoms with Gasteiger partial charge < -0.3 is 15.5 Å². The third kappa shape index (κ3) is 5.13. The molecule has 1 aliphatic heterocycles. The topological polar surface area (TPSA) is 79.4 Å². The highest BCUT2D eigenvalue weighted by molar-refractivity contribution is 5.67. The highest BCUT2D eigenvalue weighted by atomic mass is 19.1. The number of fused-ring (bicyclic) bond motifs is 1. The van der Waals surface area contributed by atoms with Crippen molar-refractivity contribution in [3.8, 4) is 0 Å². The van der Waals surface area contributed by atoms with Crippen LogP contribution in [0.3, 0.4) is 0 Å². The maximum atomic E-state index is 13.0. The Labute approximate surface area is 157 Å². The maximum absolute atomic E-state index is 13.0. The molecule has 1 amide bonds. The number of carbonyl (C=O) groups excluding carboxylic acids is 1. The molecule has 0 spiro atoms. The monoisotopic (exact) mass is 373 g/mol. The van der Waals surface area contributed by atoms with Crippen LogP contribution in [0.25, 0.3) is 0 Å². The van der Waals surface area contributed by atoms with Gasteiger partial charge in [-0.15, -0.1) is 5.06 Å². The van der Waals surface area contributed by atoms with Crippen molar-refractivity contribution in [2.24, 2.45) is 0 Å². The van der Waals surface area contributed by atoms with E-state index in [0.717, 1.165) is 16.8 Å². The van der Waals surface area contributed by atoms with Crippen molar-refractivity contribution in [1.29, 1.82) is 0 Å². The van der Waals surface area contributed by atoms with E-state index in [2.05, 4.69) is 20.6 Å². The van der Waals surface area contributed by atoms with Crippen LogP contribution in [0.2, 0.25) is 0 Å². The summed E-state index contributed by atoms with van der Waals surface area (Å²) in [7, 11) is 0. The van der Waals surface area contributed by atoms with E-state index < -0.39 is 6.09 Å². The molecule has 1 aliphatic rings. The number of nitrogens with one attached hydrogen (secondary N) is 2. The van der Waals surface area contributed by atoms with Gasteiger partial charge in [0, 0.05) is 18.8 Å². The summed E-state index contributed by atoms with van der Waals surface area (Å²) in [6.07, 6.45) is 1.98. The van der Waals surface area contributed by atoms with Gasteiger partial charge in [0.05, 0.1) is 18.3 Å². The Morgan fingerprint density at radius 3 is 2.70 bits per heavy atom. The summed E-state index contributed by atoms with van der Waals surface area (Å²) in [5, 5.41) is 7.51. The number of hydrogen-bond donors (Lipinski definition) is 2. The van der Waals surface area contributed by atoms with E-state index in [1.807, 2.05) is 27.0 Å². The first-order chi connectivity index (χ1) is 12.9. The van der Waals surface area contributed by atoms with Gasteiger partial charge >= 0.3 is 6.09 Å². The summed E-state index contributed by atoms with van der Waals surface area (Å²) in [6, 6.07) is 5.94. The number of amides is 1. The fourth-order valence-electron chi connectivity index (χ4n) is 2.84. The molecule has 0 aliphatic carbocycles. The Morgan fingerprint density at radius 2 is 2.00 bits per heavy atom. The van der Waals surface area contributed by atoms with E-state index in [4.69, 9.17) is 4.84 Å². The predicted octanol–water partition coefficient (Wildman–Crippen LogP) is 3.20. The van der Waals surface area contributed by atoms with E-state index in [0.29, 0.717) is 25.5 Å². The molecule has 0 saturated carbocycles. The number of rotatable bonds is 5. The lowest BCUT2D eigenvalue weighted by atomic mass is 10.1. The molecule has 2 aromatic rings. The zero-order valence-corrected chi connectivity index (χ0v) is 15.7. The molecule has 8 heteroatoms. The van der Waals surface area contributed by atoms with Crippen LogP contribution in [0.4, 0.5) is 15.1 Å². The number of benzene rings is 1. The van der Waals surface area contributed by atoms with Crippen molar-refractivity contribution in [1.82, 2.24) is 20.3 Å². The van der Waals surface area contributed by atoms with Crippen molar-refractivity contribution in [3.63, 3.8) is 0 Å². The molecule has 2 heterocycles. The van der Waals surface area contributed by atoms with Crippen LogP contribution < -0.4 is 10.6 Å². The third-order valence-electron chi connectivity index (χ3n) is 4.25. The molecule has 27 heavy (non-hydrogen) atoms. The standard InChI is InChI=1S/C19H24FN5O2/c1-12(2)22-18-21-10-15-8-9-25(11-17(15)24-18)27-19(26)23-13(3)14-4-6-16(20)7-5-14/h4-7,10,12-13H,8-9,11H2,1-3H3,(H,23,26)(H,21,22,24)/t13-/m1/s1. The maximum Gasteiger partial charge on any atom is 0.426 e. The zero-order valence-electron chi connectivity index (χ0n) is 15.7. The Bertz CT molecular complexity index is 797. The Morgan fingerprint density at radius 1 is 1.26 bits per heavy atom. The minimum absolute atomic E-state index is 0.234. The van der Waals surface area contributed by atoms with E-state index in [9.17, 15) is 9.18 Å². The molecule has 0 fully saturated rings. The number of carbonyl (C=O) groups is 1. The van der Waals surface area contributed by atoms with Gasteiger partial charge in [-0.05, 0) is 50.5 Å². The van der Waals surface area contributed by atoms with E-state index in [1.54, 1.807) is 17.2 Å². The summed E-state index contributed by atoms with van der Waals surface area (Å²) in [5.41, 5.74) is 2.71. The number of halogens is 1. The van der Waals surface area contributed by atoms with Crippen LogP contribution >= 0.6 is 0 Å². The van der Waals surface area contributed by atoms with Gasteiger partial charge in [-0.1, -0.05) is 12.1 Å². The van der Waals surface area contributed by atoms with Crippen LogP contribution in [-0.4, -0.2) is 33.7 Å². The second-order valence-corrected chi connectivity index (χ2v) is 6.87. The van der Waals surface area contributed by atoms with Gasteiger partial charge in [0.1, 0.15) is 5.82 Å². The number of hydrogen-bond acceptors (Lipinski definition) is 6. The minimum Gasteiger partial charge on any atom is -0.352 e. The second kappa shape index (κ2) is 8.30. The van der Waals surface area contributed by atoms with E-state index in [-0.39, 0.29) is 17.9 Å². The van der Waals surface area contributed by atoms with Crippen molar-refractivity contribution in [3.05, 3.63) is 53.1 Å². The highest BCUT2D eigenvalue weighted by Gasteiger charge is 2.22. The highest BCUT2D eigenvalue weighted by Crippen LogP contribution is 2.19. The van der Waals surface area contributed by atoms with Gasteiger partial charge in [0.15, 0.2) is 0 Å². The molecular weight excluding hydrogens is 349 g/mol. The number of nitrogens with zero attached hydrogens (tertiary/aromatic N) is 3. The Hall–Kier alpha value is -2.74. The smallest absolute Gasteiger partial charge is 0.352 e. The first-order valence-corrected chi connectivity index (χ1v) is 9.01. The molecule has 0 saturated heterocycles. The SMILES string of the molecule is CC(C)Nc1ncc2c(n1)CN(OC(=O)N[C@H](C)c1ccc(F)cc1)CC2. The van der Waals surface area contributed by atoms with Gasteiger partial charge in [-0.25, -0.2) is 19.2 Å². The normalized spacial score (nSPS) is 15.1. The van der Waals surface area contributed by atoms with Crippen LogP contribution in [-0.2, 0) is 17.8 Å². The molecule has 1 atom stereocenters. The van der Waals surface area contributed by atoms with Gasteiger partial charge in [-0.3, -0.25) is 0 Å². The number of hydroxylamine groups is 2. The lowest BCUT2D eigenvalue weighted by Gasteiger charge is -2.27. The molecule has 0 bridgehead atoms. The summed E-state index contributed by atoms with van der Waals surface area (Å²) in [5.74, 6) is 0.258. The van der Waals surface area contributed by atoms with Crippen molar-refractivity contribution < 1.29 is 14.0 Å². The molecule has 1 aromatic heterocycles. The van der Waals surface area contributed by atoms with Gasteiger partial charge in [0.25, 0.3) is 0 Å². The molecule has 3 rings (SSSR count). The molecule has 2 N–H and O–H groups in total. The Kier molecular flexibility index (Phi) is 5.85. The molecule has 1 aromatic carbocycles. The molecule has 144 valence electrons.